The highest BCUT2D eigenvalue weighted by Crippen LogP contribution is 2.20. The van der Waals surface area contributed by atoms with Crippen LogP contribution in [-0.2, 0) is 12.8 Å². The summed E-state index contributed by atoms with van der Waals surface area (Å²) in [7, 11) is 1.91. The van der Waals surface area contributed by atoms with E-state index in [-0.39, 0.29) is 5.91 Å². The van der Waals surface area contributed by atoms with E-state index in [1.54, 1.807) is 36.4 Å². The van der Waals surface area contributed by atoms with Crippen molar-refractivity contribution < 1.29 is 4.79 Å². The molecule has 0 atom stereocenters. The molecule has 1 N–H and O–H groups in total. The molecule has 0 bridgehead atoms. The van der Waals surface area contributed by atoms with E-state index in [1.807, 2.05) is 30.7 Å². The highest BCUT2D eigenvalue weighted by atomic mass is 32.2. The van der Waals surface area contributed by atoms with Gasteiger partial charge in [-0.05, 0) is 66.8 Å². The molecule has 0 aliphatic rings. The van der Waals surface area contributed by atoms with Gasteiger partial charge in [0.1, 0.15) is 6.33 Å². The van der Waals surface area contributed by atoms with Crippen molar-refractivity contribution >= 4 is 23.9 Å². The first kappa shape index (κ1) is 19.8. The van der Waals surface area contributed by atoms with E-state index in [1.165, 1.54) is 11.1 Å². The molecule has 7 heteroatoms. The molecule has 0 saturated carbocycles. The predicted octanol–water partition coefficient (Wildman–Crippen LogP) is 3.80. The van der Waals surface area contributed by atoms with Gasteiger partial charge in [0.05, 0.1) is 6.21 Å². The van der Waals surface area contributed by atoms with Gasteiger partial charge in [0.2, 0.25) is 0 Å². The van der Waals surface area contributed by atoms with Crippen molar-refractivity contribution in [2.24, 2.45) is 12.1 Å². The molecule has 2 aromatic carbocycles. The lowest BCUT2D eigenvalue weighted by Crippen LogP contribution is -2.17. The van der Waals surface area contributed by atoms with E-state index in [2.05, 4.69) is 46.7 Å². The van der Waals surface area contributed by atoms with Crippen LogP contribution in [0.25, 0.3) is 0 Å². The average Bonchev–Trinajstić information content (AvgIpc) is 3.09. The number of thioether (sulfide) groups is 1. The van der Waals surface area contributed by atoms with Crippen molar-refractivity contribution in [3.8, 4) is 0 Å². The monoisotopic (exact) mass is 393 g/mol. The van der Waals surface area contributed by atoms with Gasteiger partial charge in [-0.2, -0.15) is 5.10 Å². The zero-order valence-electron chi connectivity index (χ0n) is 16.4. The fourth-order valence-electron chi connectivity index (χ4n) is 2.65. The third-order valence-electron chi connectivity index (χ3n) is 4.51. The van der Waals surface area contributed by atoms with Crippen molar-refractivity contribution in [1.29, 1.82) is 0 Å². The van der Waals surface area contributed by atoms with Crippen LogP contribution >= 0.6 is 11.8 Å². The fourth-order valence-corrected chi connectivity index (χ4v) is 3.49. The van der Waals surface area contributed by atoms with Crippen LogP contribution in [0.1, 0.15) is 38.2 Å². The van der Waals surface area contributed by atoms with Crippen molar-refractivity contribution in [2.75, 3.05) is 0 Å². The molecule has 0 aliphatic heterocycles. The summed E-state index contributed by atoms with van der Waals surface area (Å²) in [4.78, 5) is 12.3. The Kier molecular flexibility index (Phi) is 6.26. The molecule has 0 fully saturated rings. The minimum absolute atomic E-state index is 0.231. The van der Waals surface area contributed by atoms with E-state index >= 15 is 0 Å². The first-order valence-corrected chi connectivity index (χ1v) is 9.89. The topological polar surface area (TPSA) is 72.2 Å². The van der Waals surface area contributed by atoms with Crippen molar-refractivity contribution in [1.82, 2.24) is 20.2 Å². The lowest BCUT2D eigenvalue weighted by Gasteiger charge is -2.06. The van der Waals surface area contributed by atoms with Gasteiger partial charge in [-0.25, -0.2) is 5.43 Å². The molecule has 0 spiro atoms. The summed E-state index contributed by atoms with van der Waals surface area (Å²) in [6, 6.07) is 11.7. The zero-order chi connectivity index (χ0) is 20.1. The number of nitrogens with one attached hydrogen (secondary N) is 1. The van der Waals surface area contributed by atoms with E-state index in [0.29, 0.717) is 5.56 Å². The molecule has 0 radical (unpaired) electrons. The number of rotatable bonds is 6. The van der Waals surface area contributed by atoms with Gasteiger partial charge in [0.15, 0.2) is 5.16 Å². The minimum Gasteiger partial charge on any atom is -0.312 e. The number of aryl methyl sites for hydroxylation is 4. The molecule has 1 aromatic heterocycles. The lowest BCUT2D eigenvalue weighted by molar-refractivity contribution is 0.0955. The number of hydrogen-bond donors (Lipinski definition) is 1. The van der Waals surface area contributed by atoms with Gasteiger partial charge in [0, 0.05) is 18.4 Å². The highest BCUT2D eigenvalue weighted by molar-refractivity contribution is 7.98. The van der Waals surface area contributed by atoms with Crippen molar-refractivity contribution in [2.45, 2.75) is 31.7 Å². The Bertz CT molecular complexity index is 1010. The molecule has 0 saturated heterocycles. The molecule has 0 unspecified atom stereocenters. The van der Waals surface area contributed by atoms with Gasteiger partial charge in [-0.3, -0.25) is 4.79 Å². The summed E-state index contributed by atoms with van der Waals surface area (Å²) in [5.41, 5.74) is 8.85. The molecule has 3 aromatic rings. The van der Waals surface area contributed by atoms with E-state index in [9.17, 15) is 4.79 Å². The smallest absolute Gasteiger partial charge is 0.271 e. The summed E-state index contributed by atoms with van der Waals surface area (Å²) < 4.78 is 1.88. The van der Waals surface area contributed by atoms with Crippen LogP contribution < -0.4 is 5.43 Å². The van der Waals surface area contributed by atoms with Crippen molar-refractivity contribution in [3.05, 3.63) is 76.1 Å². The quantitative estimate of drug-likeness (QED) is 0.393. The van der Waals surface area contributed by atoms with Gasteiger partial charge < -0.3 is 4.57 Å². The second-order valence-corrected chi connectivity index (χ2v) is 7.64. The third kappa shape index (κ3) is 4.86. The van der Waals surface area contributed by atoms with E-state index in [0.717, 1.165) is 27.6 Å². The number of hydrazone groups is 1. The summed E-state index contributed by atoms with van der Waals surface area (Å²) in [6.45, 7) is 6.18. The second-order valence-electron chi connectivity index (χ2n) is 6.70. The number of benzene rings is 2. The Morgan fingerprint density at radius 1 is 1.14 bits per heavy atom. The number of carbonyl (C=O) groups excluding carboxylic acids is 1. The molecule has 0 aliphatic carbocycles. The SMILES string of the molecule is Cc1cc(C)c(/C=N\NC(=O)c2ccc(CSc3nncn3C)cc2)cc1C. The van der Waals surface area contributed by atoms with Crippen LogP contribution in [0.5, 0.6) is 0 Å². The molecule has 28 heavy (non-hydrogen) atoms. The number of hydrogen-bond acceptors (Lipinski definition) is 5. The normalized spacial score (nSPS) is 11.1. The molecular weight excluding hydrogens is 370 g/mol. The van der Waals surface area contributed by atoms with Gasteiger partial charge in [0.25, 0.3) is 5.91 Å². The Hall–Kier alpha value is -2.93. The summed E-state index contributed by atoms with van der Waals surface area (Å²) in [5.74, 6) is 0.531. The fraction of sp³-hybridized carbons (Fsp3) is 0.238. The maximum absolute atomic E-state index is 12.3. The predicted molar refractivity (Wildman–Crippen MR) is 113 cm³/mol. The lowest BCUT2D eigenvalue weighted by atomic mass is 10.0. The van der Waals surface area contributed by atoms with Crippen LogP contribution in [0.15, 0.2) is 53.0 Å². The number of carbonyl (C=O) groups is 1. The van der Waals surface area contributed by atoms with E-state index in [4.69, 9.17) is 0 Å². The number of aromatic nitrogens is 3. The third-order valence-corrected chi connectivity index (χ3v) is 5.61. The first-order valence-electron chi connectivity index (χ1n) is 8.91. The largest absolute Gasteiger partial charge is 0.312 e. The summed E-state index contributed by atoms with van der Waals surface area (Å²) in [5, 5.41) is 12.9. The molecule has 3 rings (SSSR count). The minimum atomic E-state index is -0.231. The van der Waals surface area contributed by atoms with Crippen LogP contribution in [0.3, 0.4) is 0 Å². The molecular formula is C21H23N5OS. The Labute approximate surface area is 169 Å². The number of nitrogens with zero attached hydrogens (tertiary/aromatic N) is 4. The standard InChI is InChI=1S/C21H23N5OS/c1-14-9-16(3)19(10-15(14)2)11-22-24-20(27)18-7-5-17(6-8-18)12-28-21-25-23-13-26(21)4/h5-11,13H,12H2,1-4H3,(H,24,27)/b22-11-. The van der Waals surface area contributed by atoms with Gasteiger partial charge >= 0.3 is 0 Å². The average molecular weight is 394 g/mol. The first-order chi connectivity index (χ1) is 13.4. The van der Waals surface area contributed by atoms with Crippen LogP contribution in [0.2, 0.25) is 0 Å². The van der Waals surface area contributed by atoms with Crippen LogP contribution in [0, 0.1) is 20.8 Å². The molecule has 6 nitrogen and oxygen atoms in total. The van der Waals surface area contributed by atoms with Crippen LogP contribution in [-0.4, -0.2) is 26.9 Å². The summed E-state index contributed by atoms with van der Waals surface area (Å²) in [6.07, 6.45) is 3.36. The van der Waals surface area contributed by atoms with Crippen molar-refractivity contribution in [3.63, 3.8) is 0 Å². The van der Waals surface area contributed by atoms with Gasteiger partial charge in [-0.15, -0.1) is 10.2 Å². The maximum atomic E-state index is 12.3. The molecule has 1 amide bonds. The van der Waals surface area contributed by atoms with E-state index < -0.39 is 0 Å². The highest BCUT2D eigenvalue weighted by Gasteiger charge is 2.06. The Morgan fingerprint density at radius 3 is 2.54 bits per heavy atom. The molecule has 1 heterocycles. The van der Waals surface area contributed by atoms with Crippen LogP contribution in [0.4, 0.5) is 0 Å². The Morgan fingerprint density at radius 2 is 1.86 bits per heavy atom. The summed E-state index contributed by atoms with van der Waals surface area (Å²) >= 11 is 1.60. The maximum Gasteiger partial charge on any atom is 0.271 e. The number of amides is 1. The zero-order valence-corrected chi connectivity index (χ0v) is 17.2. The second kappa shape index (κ2) is 8.84. The molecule has 144 valence electrons. The van der Waals surface area contributed by atoms with Gasteiger partial charge in [-0.1, -0.05) is 30.0 Å². The Balaban J connectivity index is 1.57.